The van der Waals surface area contributed by atoms with Crippen LogP contribution in [-0.2, 0) is 4.79 Å². The topological polar surface area (TPSA) is 137 Å². The molecule has 1 aliphatic heterocycles. The molecule has 0 radical (unpaired) electrons. The van der Waals surface area contributed by atoms with Crippen LogP contribution >= 0.6 is 23.2 Å². The van der Waals surface area contributed by atoms with Gasteiger partial charge in [0.25, 0.3) is 11.5 Å². The van der Waals surface area contributed by atoms with Gasteiger partial charge >= 0.3 is 0 Å². The molecule has 0 fully saturated rings. The number of carbonyl (C=O) groups excluding carboxylic acids is 2. The van der Waals surface area contributed by atoms with Crippen LogP contribution in [0.2, 0.25) is 10.2 Å². The van der Waals surface area contributed by atoms with Crippen LogP contribution in [0, 0.1) is 5.92 Å². The molecule has 0 aliphatic carbocycles. The van der Waals surface area contributed by atoms with Crippen LogP contribution in [0.3, 0.4) is 0 Å². The highest BCUT2D eigenvalue weighted by Crippen LogP contribution is 2.34. The van der Waals surface area contributed by atoms with Gasteiger partial charge in [-0.25, -0.2) is 9.67 Å². The Morgan fingerprint density at radius 2 is 1.84 bits per heavy atom. The zero-order valence-corrected chi connectivity index (χ0v) is 25.9. The molecule has 2 bridgehead atoms. The molecule has 2 N–H and O–H groups in total. The Kier molecular flexibility index (Phi) is 8.46. The van der Waals surface area contributed by atoms with Crippen LogP contribution in [0.15, 0.2) is 78.1 Å². The van der Waals surface area contributed by atoms with Crippen LogP contribution in [0.4, 0.5) is 5.69 Å². The van der Waals surface area contributed by atoms with Crippen molar-refractivity contribution in [3.05, 3.63) is 105 Å². The third-order valence-electron chi connectivity index (χ3n) is 7.88. The van der Waals surface area contributed by atoms with Crippen LogP contribution in [0.25, 0.3) is 28.1 Å². The number of hydrogen-bond donors (Lipinski definition) is 2. The Hall–Kier alpha value is -4.87. The summed E-state index contributed by atoms with van der Waals surface area (Å²) in [5.74, 6) is -0.653. The quantitative estimate of drug-likeness (QED) is 0.261. The molecule has 2 atom stereocenters. The zero-order valence-electron chi connectivity index (χ0n) is 24.4. The second kappa shape index (κ2) is 12.6. The average Bonchev–Trinajstić information content (AvgIpc) is 3.48. The zero-order chi connectivity index (χ0) is 31.7. The first kappa shape index (κ1) is 30.2. The van der Waals surface area contributed by atoms with Gasteiger partial charge in [-0.2, -0.15) is 0 Å². The summed E-state index contributed by atoms with van der Waals surface area (Å²) in [6.45, 7) is 1.87. The highest BCUT2D eigenvalue weighted by molar-refractivity contribution is 6.31. The van der Waals surface area contributed by atoms with Crippen LogP contribution < -0.4 is 16.2 Å². The first-order chi connectivity index (χ1) is 21.7. The summed E-state index contributed by atoms with van der Waals surface area (Å²) < 4.78 is 3.05. The molecule has 1 aliphatic rings. The van der Waals surface area contributed by atoms with Gasteiger partial charge in [0.1, 0.15) is 0 Å². The number of nitrogens with zero attached hydrogens (tertiary/aromatic N) is 6. The first-order valence-corrected chi connectivity index (χ1v) is 15.1. The minimum absolute atomic E-state index is 0.121. The van der Waals surface area contributed by atoms with Crippen molar-refractivity contribution in [2.45, 2.75) is 32.2 Å². The van der Waals surface area contributed by atoms with E-state index in [1.807, 2.05) is 19.1 Å². The van der Waals surface area contributed by atoms with E-state index in [4.69, 9.17) is 23.2 Å². The van der Waals surface area contributed by atoms with E-state index in [1.165, 1.54) is 17.1 Å². The van der Waals surface area contributed by atoms with Crippen LogP contribution in [-0.4, -0.2) is 48.4 Å². The lowest BCUT2D eigenvalue weighted by Gasteiger charge is -2.23. The van der Waals surface area contributed by atoms with Gasteiger partial charge in [-0.3, -0.25) is 23.9 Å². The maximum absolute atomic E-state index is 13.8. The Bertz CT molecular complexity index is 1990. The Labute approximate surface area is 268 Å². The van der Waals surface area contributed by atoms with Crippen molar-refractivity contribution in [3.63, 3.8) is 0 Å². The summed E-state index contributed by atoms with van der Waals surface area (Å²) in [6.07, 6.45) is 6.53. The van der Waals surface area contributed by atoms with Gasteiger partial charge < -0.3 is 10.6 Å². The standard InChI is InChI=1S/C32H28Cl2N8O3/c1-18-4-3-5-28(26-13-19(10-11-36-26)22-12-20(32(45)35-2)6-8-24(22)38-31(18)44)41-17-37-25(15-30(41)43)23-14-21(33)7-9-27(23)42-16-29(34)39-40-42/h6-18,28H,3-5H2,1-2H3,(H,35,45)(H,38,44). The molecule has 0 saturated carbocycles. The summed E-state index contributed by atoms with van der Waals surface area (Å²) in [4.78, 5) is 48.7. The van der Waals surface area contributed by atoms with Gasteiger partial charge in [0.2, 0.25) is 5.91 Å². The number of fused-ring (bicyclic) bond motifs is 4. The Morgan fingerprint density at radius 1 is 1.00 bits per heavy atom. The molecule has 45 heavy (non-hydrogen) atoms. The summed E-state index contributed by atoms with van der Waals surface area (Å²) in [5, 5.41) is 14.3. The van der Waals surface area contributed by atoms with E-state index in [-0.39, 0.29) is 28.4 Å². The lowest BCUT2D eigenvalue weighted by Crippen LogP contribution is -2.27. The molecule has 2 amide bonds. The van der Waals surface area contributed by atoms with E-state index in [0.717, 1.165) is 5.56 Å². The summed E-state index contributed by atoms with van der Waals surface area (Å²) in [7, 11) is 1.56. The van der Waals surface area contributed by atoms with Crippen molar-refractivity contribution in [2.24, 2.45) is 5.92 Å². The molecule has 5 aromatic rings. The fourth-order valence-electron chi connectivity index (χ4n) is 5.48. The molecule has 2 unspecified atom stereocenters. The second-order valence-corrected chi connectivity index (χ2v) is 11.6. The van der Waals surface area contributed by atoms with Gasteiger partial charge in [0.15, 0.2) is 5.15 Å². The van der Waals surface area contributed by atoms with Crippen LogP contribution in [0.5, 0.6) is 0 Å². The molecular formula is C32H28Cl2N8O3. The van der Waals surface area contributed by atoms with E-state index in [9.17, 15) is 14.4 Å². The number of pyridine rings is 1. The van der Waals surface area contributed by atoms with E-state index < -0.39 is 6.04 Å². The molecule has 2 aromatic carbocycles. The highest BCUT2D eigenvalue weighted by atomic mass is 35.5. The predicted octanol–water partition coefficient (Wildman–Crippen LogP) is 5.57. The van der Waals surface area contributed by atoms with E-state index in [2.05, 4.69) is 30.9 Å². The maximum Gasteiger partial charge on any atom is 0.254 e. The fraction of sp³-hybridized carbons (Fsp3) is 0.219. The summed E-state index contributed by atoms with van der Waals surface area (Å²) in [6, 6.07) is 15.0. The van der Waals surface area contributed by atoms with Gasteiger partial charge in [-0.15, -0.1) is 5.10 Å². The maximum atomic E-state index is 13.8. The van der Waals surface area contributed by atoms with E-state index in [0.29, 0.717) is 63.7 Å². The molecule has 0 spiro atoms. The van der Waals surface area contributed by atoms with Crippen molar-refractivity contribution < 1.29 is 9.59 Å². The highest BCUT2D eigenvalue weighted by Gasteiger charge is 2.23. The third kappa shape index (κ3) is 6.22. The van der Waals surface area contributed by atoms with Crippen molar-refractivity contribution >= 4 is 40.7 Å². The minimum atomic E-state index is -0.466. The molecule has 13 heteroatoms. The normalized spacial score (nSPS) is 16.6. The van der Waals surface area contributed by atoms with E-state index >= 15 is 0 Å². The van der Waals surface area contributed by atoms with Crippen molar-refractivity contribution in [2.75, 3.05) is 12.4 Å². The third-order valence-corrected chi connectivity index (χ3v) is 8.29. The van der Waals surface area contributed by atoms with E-state index in [1.54, 1.807) is 60.4 Å². The van der Waals surface area contributed by atoms with Crippen molar-refractivity contribution in [1.82, 2.24) is 34.8 Å². The number of carbonyl (C=O) groups is 2. The number of hydrogen-bond acceptors (Lipinski definition) is 7. The number of anilines is 1. The molecule has 11 nitrogen and oxygen atoms in total. The van der Waals surface area contributed by atoms with Gasteiger partial charge in [0.05, 0.1) is 35.6 Å². The number of halogens is 2. The number of amides is 2. The van der Waals surface area contributed by atoms with Crippen LogP contribution in [0.1, 0.15) is 48.3 Å². The Balaban J connectivity index is 1.45. The van der Waals surface area contributed by atoms with Gasteiger partial charge in [-0.05, 0) is 66.9 Å². The van der Waals surface area contributed by atoms with Crippen molar-refractivity contribution in [1.29, 1.82) is 0 Å². The molecule has 0 saturated heterocycles. The molecule has 228 valence electrons. The number of aromatic nitrogens is 6. The van der Waals surface area contributed by atoms with Crippen molar-refractivity contribution in [3.8, 4) is 28.1 Å². The SMILES string of the molecule is CNC(=O)c1ccc2c(c1)-c1ccnc(c1)C(n1cnc(-c3cc(Cl)ccc3-n3cc(Cl)nn3)cc1=O)CCCC(C)C(=O)N2. The van der Waals surface area contributed by atoms with Gasteiger partial charge in [0, 0.05) is 52.6 Å². The first-order valence-electron chi connectivity index (χ1n) is 14.3. The molecular weight excluding hydrogens is 615 g/mol. The summed E-state index contributed by atoms with van der Waals surface area (Å²) in [5.41, 5.74) is 4.39. The minimum Gasteiger partial charge on any atom is -0.355 e. The fourth-order valence-corrected chi connectivity index (χ4v) is 5.77. The molecule has 4 heterocycles. The predicted molar refractivity (Wildman–Crippen MR) is 172 cm³/mol. The Morgan fingerprint density at radius 3 is 2.60 bits per heavy atom. The monoisotopic (exact) mass is 642 g/mol. The largest absolute Gasteiger partial charge is 0.355 e. The number of rotatable bonds is 4. The molecule has 3 aromatic heterocycles. The average molecular weight is 644 g/mol. The summed E-state index contributed by atoms with van der Waals surface area (Å²) >= 11 is 12.3. The lowest BCUT2D eigenvalue weighted by molar-refractivity contribution is -0.119. The number of nitrogens with one attached hydrogen (secondary N) is 2. The molecule has 6 rings (SSSR count). The smallest absolute Gasteiger partial charge is 0.254 e. The van der Waals surface area contributed by atoms with Gasteiger partial charge in [-0.1, -0.05) is 41.8 Å². The second-order valence-electron chi connectivity index (χ2n) is 10.8. The number of benzene rings is 2. The lowest BCUT2D eigenvalue weighted by atomic mass is 9.94.